The van der Waals surface area contributed by atoms with Gasteiger partial charge in [0.25, 0.3) is 10.0 Å². The lowest BCUT2D eigenvalue weighted by Crippen LogP contribution is -2.13. The highest BCUT2D eigenvalue weighted by molar-refractivity contribution is 7.93. The van der Waals surface area contributed by atoms with Crippen molar-refractivity contribution in [2.24, 2.45) is 0 Å². The predicted molar refractivity (Wildman–Crippen MR) is 86.4 cm³/mol. The quantitative estimate of drug-likeness (QED) is 0.773. The van der Waals surface area contributed by atoms with E-state index in [1.807, 2.05) is 19.1 Å². The van der Waals surface area contributed by atoms with Crippen molar-refractivity contribution in [3.8, 4) is 11.5 Å². The van der Waals surface area contributed by atoms with Crippen molar-refractivity contribution in [3.05, 3.63) is 48.2 Å². The molecular weight excluding hydrogens is 316 g/mol. The second-order valence-electron chi connectivity index (χ2n) is 5.35. The first-order valence-corrected chi connectivity index (χ1v) is 8.52. The van der Waals surface area contributed by atoms with Crippen LogP contribution in [-0.2, 0) is 10.0 Å². The minimum Gasteiger partial charge on any atom is -0.454 e. The third-order valence-corrected chi connectivity index (χ3v) is 5.14. The molecule has 0 spiro atoms. The molecule has 0 bridgehead atoms. The minimum absolute atomic E-state index is 0.0838. The first-order valence-electron chi connectivity index (χ1n) is 7.04. The van der Waals surface area contributed by atoms with E-state index in [1.54, 1.807) is 24.3 Å². The fourth-order valence-corrected chi connectivity index (χ4v) is 3.89. The van der Waals surface area contributed by atoms with Gasteiger partial charge in [-0.15, -0.1) is 0 Å². The largest absolute Gasteiger partial charge is 0.454 e. The van der Waals surface area contributed by atoms with Crippen LogP contribution in [0.2, 0.25) is 0 Å². The number of benzene rings is 2. The fourth-order valence-electron chi connectivity index (χ4n) is 2.65. The number of aryl methyl sites for hydroxylation is 1. The maximum absolute atomic E-state index is 12.7. The molecular formula is C16H14N2O4S. The van der Waals surface area contributed by atoms with Crippen LogP contribution in [-0.4, -0.2) is 20.2 Å². The van der Waals surface area contributed by atoms with E-state index in [2.05, 4.69) is 9.71 Å². The van der Waals surface area contributed by atoms with Crippen LogP contribution in [0.1, 0.15) is 5.56 Å². The Balaban J connectivity index is 1.77. The molecule has 0 fully saturated rings. The first kappa shape index (κ1) is 14.0. The summed E-state index contributed by atoms with van der Waals surface area (Å²) in [5, 5.41) is 0.646. The molecule has 0 atom stereocenters. The van der Waals surface area contributed by atoms with E-state index in [4.69, 9.17) is 9.47 Å². The molecule has 0 amide bonds. The van der Waals surface area contributed by atoms with Crippen LogP contribution < -0.4 is 14.2 Å². The summed E-state index contributed by atoms with van der Waals surface area (Å²) in [6, 6.07) is 10.7. The van der Waals surface area contributed by atoms with Gasteiger partial charge in [0.15, 0.2) is 11.5 Å². The van der Waals surface area contributed by atoms with Crippen molar-refractivity contribution in [1.29, 1.82) is 0 Å². The number of aromatic amines is 1. The van der Waals surface area contributed by atoms with Crippen molar-refractivity contribution >= 4 is 26.6 Å². The fraction of sp³-hybridized carbons (Fsp3) is 0.125. The number of anilines is 1. The van der Waals surface area contributed by atoms with Crippen LogP contribution in [0.15, 0.2) is 47.5 Å². The zero-order chi connectivity index (χ0) is 16.0. The summed E-state index contributed by atoms with van der Waals surface area (Å²) in [7, 11) is -3.75. The minimum atomic E-state index is -3.75. The van der Waals surface area contributed by atoms with Crippen LogP contribution in [0.3, 0.4) is 0 Å². The van der Waals surface area contributed by atoms with E-state index in [0.717, 1.165) is 11.1 Å². The smallest absolute Gasteiger partial charge is 0.264 e. The van der Waals surface area contributed by atoms with Gasteiger partial charge in [-0.1, -0.05) is 18.2 Å². The predicted octanol–water partition coefficient (Wildman–Crippen LogP) is 3.01. The Morgan fingerprint density at radius 1 is 1.17 bits per heavy atom. The number of fused-ring (bicyclic) bond motifs is 2. The Morgan fingerprint density at radius 3 is 2.91 bits per heavy atom. The average molecular weight is 330 g/mol. The summed E-state index contributed by atoms with van der Waals surface area (Å²) in [5.74, 6) is 0.937. The van der Waals surface area contributed by atoms with Gasteiger partial charge in [0.2, 0.25) is 6.79 Å². The molecule has 2 N–H and O–H groups in total. The monoisotopic (exact) mass is 330 g/mol. The average Bonchev–Trinajstić information content (AvgIpc) is 3.13. The molecule has 0 saturated heterocycles. The Morgan fingerprint density at radius 2 is 2.04 bits per heavy atom. The highest BCUT2D eigenvalue weighted by atomic mass is 32.2. The molecule has 0 unspecified atom stereocenters. The number of H-pyrrole nitrogens is 1. The molecule has 2 aromatic carbocycles. The molecule has 1 aromatic heterocycles. The summed E-state index contributed by atoms with van der Waals surface area (Å²) in [6.45, 7) is 2.04. The molecule has 23 heavy (non-hydrogen) atoms. The summed E-state index contributed by atoms with van der Waals surface area (Å²) < 4.78 is 38.6. The summed E-state index contributed by atoms with van der Waals surface area (Å²) in [4.78, 5) is 3.20. The molecule has 1 aliphatic heterocycles. The number of rotatable bonds is 3. The van der Waals surface area contributed by atoms with Gasteiger partial charge < -0.3 is 14.5 Å². The maximum Gasteiger partial charge on any atom is 0.264 e. The lowest BCUT2D eigenvalue weighted by atomic mass is 10.2. The standard InChI is InChI=1S/C16H14N2O4S/c1-10-5-6-11-13(7-10)17-8-15(11)23(19,20)18-12-3-2-4-14-16(12)22-9-21-14/h2-8,17-18H,9H2,1H3. The van der Waals surface area contributed by atoms with Gasteiger partial charge in [0.1, 0.15) is 4.90 Å². The molecule has 0 aliphatic carbocycles. The van der Waals surface area contributed by atoms with Gasteiger partial charge in [0, 0.05) is 17.1 Å². The third kappa shape index (κ3) is 2.29. The van der Waals surface area contributed by atoms with E-state index in [-0.39, 0.29) is 11.7 Å². The van der Waals surface area contributed by atoms with Gasteiger partial charge in [-0.3, -0.25) is 4.72 Å². The van der Waals surface area contributed by atoms with E-state index in [0.29, 0.717) is 22.6 Å². The van der Waals surface area contributed by atoms with Crippen LogP contribution >= 0.6 is 0 Å². The number of aromatic nitrogens is 1. The Bertz CT molecular complexity index is 1010. The molecule has 0 saturated carbocycles. The summed E-state index contributed by atoms with van der Waals surface area (Å²) in [6.07, 6.45) is 1.49. The molecule has 1 aliphatic rings. The number of sulfonamides is 1. The van der Waals surface area contributed by atoms with Crippen LogP contribution in [0.4, 0.5) is 5.69 Å². The molecule has 3 aromatic rings. The molecule has 6 nitrogen and oxygen atoms in total. The third-order valence-electron chi connectivity index (χ3n) is 3.73. The Labute approximate surface area is 133 Å². The highest BCUT2D eigenvalue weighted by Crippen LogP contribution is 2.40. The van der Waals surface area contributed by atoms with E-state index >= 15 is 0 Å². The van der Waals surface area contributed by atoms with Gasteiger partial charge >= 0.3 is 0 Å². The normalized spacial score (nSPS) is 13.4. The second kappa shape index (κ2) is 4.92. The lowest BCUT2D eigenvalue weighted by molar-refractivity contribution is 0.174. The van der Waals surface area contributed by atoms with Crippen LogP contribution in [0, 0.1) is 6.92 Å². The van der Waals surface area contributed by atoms with Gasteiger partial charge in [-0.05, 0) is 30.7 Å². The summed E-state index contributed by atoms with van der Waals surface area (Å²) >= 11 is 0. The Kier molecular flexibility index (Phi) is 2.99. The van der Waals surface area contributed by atoms with E-state index in [1.165, 1.54) is 6.20 Å². The topological polar surface area (TPSA) is 80.4 Å². The van der Waals surface area contributed by atoms with Crippen LogP contribution in [0.25, 0.3) is 10.9 Å². The SMILES string of the molecule is Cc1ccc2c(S(=O)(=O)Nc3cccc4c3OCO4)c[nH]c2c1. The number of ether oxygens (including phenoxy) is 2. The molecule has 0 radical (unpaired) electrons. The van der Waals surface area contributed by atoms with E-state index in [9.17, 15) is 8.42 Å². The molecule has 4 rings (SSSR count). The van der Waals surface area contributed by atoms with Gasteiger partial charge in [0.05, 0.1) is 5.69 Å². The number of hydrogen-bond donors (Lipinski definition) is 2. The van der Waals surface area contributed by atoms with Crippen molar-refractivity contribution in [2.75, 3.05) is 11.5 Å². The van der Waals surface area contributed by atoms with Crippen molar-refractivity contribution < 1.29 is 17.9 Å². The van der Waals surface area contributed by atoms with Crippen molar-refractivity contribution in [1.82, 2.24) is 4.98 Å². The second-order valence-corrected chi connectivity index (χ2v) is 7.00. The van der Waals surface area contributed by atoms with Crippen molar-refractivity contribution in [3.63, 3.8) is 0 Å². The zero-order valence-corrected chi connectivity index (χ0v) is 13.1. The molecule has 7 heteroatoms. The maximum atomic E-state index is 12.7. The number of nitrogens with one attached hydrogen (secondary N) is 2. The number of para-hydroxylation sites is 1. The molecule has 2 heterocycles. The van der Waals surface area contributed by atoms with Gasteiger partial charge in [-0.2, -0.15) is 0 Å². The Hall–Kier alpha value is -2.67. The first-order chi connectivity index (χ1) is 11.0. The highest BCUT2D eigenvalue weighted by Gasteiger charge is 2.24. The van der Waals surface area contributed by atoms with Gasteiger partial charge in [-0.25, -0.2) is 8.42 Å². The van der Waals surface area contributed by atoms with Crippen molar-refractivity contribution in [2.45, 2.75) is 11.8 Å². The number of hydrogen-bond acceptors (Lipinski definition) is 4. The van der Waals surface area contributed by atoms with Crippen LogP contribution in [0.5, 0.6) is 11.5 Å². The summed E-state index contributed by atoms with van der Waals surface area (Å²) in [5.41, 5.74) is 2.20. The lowest BCUT2D eigenvalue weighted by Gasteiger charge is -2.09. The van der Waals surface area contributed by atoms with E-state index < -0.39 is 10.0 Å². The molecule has 118 valence electrons. The zero-order valence-electron chi connectivity index (χ0n) is 12.3.